The van der Waals surface area contributed by atoms with Gasteiger partial charge in [0.2, 0.25) is 5.85 Å². The van der Waals surface area contributed by atoms with Crippen LogP contribution in [-0.2, 0) is 18.8 Å². The number of carbonyl (C=O) groups is 1. The summed E-state index contributed by atoms with van der Waals surface area (Å²) in [6.45, 7) is 0.111. The fourth-order valence-corrected chi connectivity index (χ4v) is 1.44. The molecule has 0 aromatic carbocycles. The van der Waals surface area contributed by atoms with Crippen LogP contribution in [0.2, 0.25) is 0 Å². The number of ether oxygens (including phenoxy) is 2. The topological polar surface area (TPSA) is 72.8 Å². The molecule has 1 fully saturated rings. The van der Waals surface area contributed by atoms with Gasteiger partial charge in [0.1, 0.15) is 7.85 Å². The van der Waals surface area contributed by atoms with Crippen LogP contribution in [-0.4, -0.2) is 43.5 Å². The van der Waals surface area contributed by atoms with Crippen LogP contribution in [0.4, 0.5) is 0 Å². The highest BCUT2D eigenvalue weighted by Gasteiger charge is 2.25. The Kier molecular flexibility index (Phi) is 4.52. The molecule has 3 atom stereocenters. The lowest BCUT2D eigenvalue weighted by atomic mass is 9.97. The minimum Gasteiger partial charge on any atom is -0.479 e. The number of aliphatic carboxylic acids is 1. The average molecular weight is 216 g/mol. The van der Waals surface area contributed by atoms with Crippen LogP contribution in [0.1, 0.15) is 12.8 Å². The number of rotatable bonds is 5. The third kappa shape index (κ3) is 3.37. The molecule has 14 heavy (non-hydrogen) atoms. The van der Waals surface area contributed by atoms with Crippen LogP contribution < -0.4 is 0 Å². The number of carboxylic acids is 1. The zero-order valence-electron chi connectivity index (χ0n) is 7.46. The molecule has 2 radical (unpaired) electrons. The first-order valence-electron chi connectivity index (χ1n) is 4.21. The van der Waals surface area contributed by atoms with Crippen molar-refractivity contribution in [1.29, 1.82) is 0 Å². The van der Waals surface area contributed by atoms with Gasteiger partial charge in [0.05, 0.1) is 12.7 Å². The van der Waals surface area contributed by atoms with Gasteiger partial charge in [-0.1, -0.05) is 0 Å². The van der Waals surface area contributed by atoms with Crippen molar-refractivity contribution < 1.29 is 23.9 Å². The summed E-state index contributed by atoms with van der Waals surface area (Å²) in [4.78, 5) is 10.4. The zero-order chi connectivity index (χ0) is 10.6. The first-order valence-corrected chi connectivity index (χ1v) is 5.09. The summed E-state index contributed by atoms with van der Waals surface area (Å²) in [5.74, 6) is -2.56. The molecule has 0 spiro atoms. The van der Waals surface area contributed by atoms with E-state index < -0.39 is 20.3 Å². The van der Waals surface area contributed by atoms with Gasteiger partial charge in [-0.05, 0) is 12.8 Å². The number of hydrogen-bond acceptors (Lipinski definition) is 4. The number of carboxylic acid groups (broad SMARTS) is 1. The Morgan fingerprint density at radius 1 is 1.71 bits per heavy atom. The molecule has 0 amide bonds. The lowest BCUT2D eigenvalue weighted by molar-refractivity contribution is -0.146. The predicted molar refractivity (Wildman–Crippen MR) is 48.6 cm³/mol. The Hall–Kier alpha value is -0.445. The minimum atomic E-state index is -1.31. The first kappa shape index (κ1) is 11.6. The fraction of sp³-hybridized carbons (Fsp3) is 0.857. The van der Waals surface area contributed by atoms with Gasteiger partial charge in [-0.25, -0.2) is 4.79 Å². The van der Waals surface area contributed by atoms with E-state index in [-0.39, 0.29) is 18.7 Å². The molecule has 0 bridgehead atoms. The molecule has 0 aliphatic carbocycles. The Morgan fingerprint density at radius 3 is 2.86 bits per heavy atom. The molecule has 5 nitrogen and oxygen atoms in total. The van der Waals surface area contributed by atoms with Crippen molar-refractivity contribution >= 4 is 22.3 Å². The summed E-state index contributed by atoms with van der Waals surface area (Å²) in [5, 5.41) is 8.50. The smallest absolute Gasteiger partial charge is 0.345 e. The highest BCUT2D eigenvalue weighted by atomic mass is 31.1. The fourth-order valence-electron chi connectivity index (χ4n) is 1.20. The largest absolute Gasteiger partial charge is 0.479 e. The van der Waals surface area contributed by atoms with Gasteiger partial charge in [-0.2, -0.15) is 0 Å². The monoisotopic (exact) mass is 216 g/mol. The van der Waals surface area contributed by atoms with Crippen molar-refractivity contribution in [2.45, 2.75) is 30.8 Å². The molecule has 7 heteroatoms. The molecule has 1 heterocycles. The lowest BCUT2D eigenvalue weighted by Crippen LogP contribution is -2.24. The molecular formula is C7H10BO5P. The summed E-state index contributed by atoms with van der Waals surface area (Å²) in [6, 6.07) is -0.295. The number of hydrogen-bond donors (Lipinski definition) is 1. The Bertz CT molecular complexity index is 224. The molecular weight excluding hydrogens is 206 g/mol. The molecule has 1 aliphatic heterocycles. The highest BCUT2D eigenvalue weighted by Crippen LogP contribution is 2.19. The van der Waals surface area contributed by atoms with Crippen molar-refractivity contribution in [3.63, 3.8) is 0 Å². The van der Waals surface area contributed by atoms with Crippen LogP contribution in [0.15, 0.2) is 0 Å². The quantitative estimate of drug-likeness (QED) is 0.531. The van der Waals surface area contributed by atoms with Crippen molar-refractivity contribution in [3.05, 3.63) is 0 Å². The van der Waals surface area contributed by atoms with Crippen molar-refractivity contribution in [2.24, 2.45) is 0 Å². The summed E-state index contributed by atoms with van der Waals surface area (Å²) in [7, 11) is 4.91. The Morgan fingerprint density at radius 2 is 2.43 bits per heavy atom. The van der Waals surface area contributed by atoms with Crippen LogP contribution in [0, 0.1) is 0 Å². The van der Waals surface area contributed by atoms with Gasteiger partial charge in [0.25, 0.3) is 0 Å². The summed E-state index contributed by atoms with van der Waals surface area (Å²) >= 11 is 0. The molecule has 76 valence electrons. The van der Waals surface area contributed by atoms with Crippen molar-refractivity contribution in [1.82, 2.24) is 0 Å². The van der Waals surface area contributed by atoms with E-state index in [1.807, 2.05) is 0 Å². The van der Waals surface area contributed by atoms with Crippen molar-refractivity contribution in [3.8, 4) is 0 Å². The van der Waals surface area contributed by atoms with E-state index >= 15 is 0 Å². The molecule has 1 rings (SSSR count). The summed E-state index contributed by atoms with van der Waals surface area (Å²) < 4.78 is 20.4. The maximum absolute atomic E-state index is 10.4. The van der Waals surface area contributed by atoms with E-state index in [1.54, 1.807) is 0 Å². The summed E-state index contributed by atoms with van der Waals surface area (Å²) in [5.41, 5.74) is 0. The van der Waals surface area contributed by atoms with Gasteiger partial charge in [-0.3, -0.25) is 4.57 Å². The Balaban J connectivity index is 2.25. The van der Waals surface area contributed by atoms with Gasteiger partial charge in [0.15, 0.2) is 8.46 Å². The standard InChI is InChI=1S/C7H10BO5P/c8-5-2-1-4(13-5)3-12-7(14-11)6(9)10/h4-5,7H,1-3H2,(H,9,10). The molecule has 1 N–H and O–H groups in total. The van der Waals surface area contributed by atoms with E-state index in [0.717, 1.165) is 12.8 Å². The van der Waals surface area contributed by atoms with Crippen LogP contribution >= 0.6 is 8.46 Å². The average Bonchev–Trinajstić information content (AvgIpc) is 2.52. The van der Waals surface area contributed by atoms with E-state index in [4.69, 9.17) is 22.4 Å². The van der Waals surface area contributed by atoms with Gasteiger partial charge in [0, 0.05) is 6.00 Å². The maximum Gasteiger partial charge on any atom is 0.345 e. The second kappa shape index (κ2) is 5.44. The van der Waals surface area contributed by atoms with E-state index in [0.29, 0.717) is 0 Å². The maximum atomic E-state index is 10.4. The molecule has 1 aliphatic rings. The van der Waals surface area contributed by atoms with Gasteiger partial charge in [-0.15, -0.1) is 0 Å². The molecule has 3 unspecified atom stereocenters. The molecule has 1 saturated heterocycles. The second-order valence-corrected chi connectivity index (χ2v) is 3.68. The Labute approximate surface area is 84.4 Å². The molecule has 0 aromatic rings. The van der Waals surface area contributed by atoms with E-state index in [2.05, 4.69) is 0 Å². The van der Waals surface area contributed by atoms with Crippen LogP contribution in [0.3, 0.4) is 0 Å². The third-order valence-corrected chi connectivity index (χ3v) is 2.45. The first-order chi connectivity index (χ1) is 6.63. The summed E-state index contributed by atoms with van der Waals surface area (Å²) in [6.07, 6.45) is 1.29. The predicted octanol–water partition coefficient (Wildman–Crippen LogP) is 0.379. The van der Waals surface area contributed by atoms with Gasteiger partial charge < -0.3 is 14.6 Å². The minimum absolute atomic E-state index is 0.111. The third-order valence-electron chi connectivity index (χ3n) is 1.89. The van der Waals surface area contributed by atoms with Crippen molar-refractivity contribution in [2.75, 3.05) is 6.61 Å². The van der Waals surface area contributed by atoms with Gasteiger partial charge >= 0.3 is 5.97 Å². The zero-order valence-corrected chi connectivity index (χ0v) is 8.35. The normalized spacial score (nSPS) is 29.1. The SMILES string of the molecule is [B]C1CCC(COC(P=O)C(=O)O)O1. The molecule has 0 aromatic heterocycles. The molecule has 0 saturated carbocycles. The van der Waals surface area contributed by atoms with Crippen LogP contribution in [0.25, 0.3) is 0 Å². The highest BCUT2D eigenvalue weighted by molar-refractivity contribution is 7.26. The van der Waals surface area contributed by atoms with E-state index in [1.165, 1.54) is 0 Å². The van der Waals surface area contributed by atoms with Crippen LogP contribution in [0.5, 0.6) is 0 Å². The lowest BCUT2D eigenvalue weighted by Gasteiger charge is -2.12. The van der Waals surface area contributed by atoms with E-state index in [9.17, 15) is 9.36 Å². The second-order valence-electron chi connectivity index (χ2n) is 3.00.